The summed E-state index contributed by atoms with van der Waals surface area (Å²) in [4.78, 5) is 9.35. The summed E-state index contributed by atoms with van der Waals surface area (Å²) in [5, 5.41) is 1.21. The molecule has 0 N–H and O–H groups in total. The maximum absolute atomic E-state index is 5.95. The Bertz CT molecular complexity index is 678. The summed E-state index contributed by atoms with van der Waals surface area (Å²) in [5.41, 5.74) is 2.30. The summed E-state index contributed by atoms with van der Waals surface area (Å²) in [6, 6.07) is 8.92. The summed E-state index contributed by atoms with van der Waals surface area (Å²) in [5.74, 6) is 0. The SMILES string of the molecule is CN1CCOC2CN(c3ccnc4cc(Br)ccc34)CC21. The van der Waals surface area contributed by atoms with Crippen LogP contribution in [0.2, 0.25) is 0 Å². The van der Waals surface area contributed by atoms with Gasteiger partial charge < -0.3 is 9.64 Å². The Morgan fingerprint density at radius 1 is 1.29 bits per heavy atom. The van der Waals surface area contributed by atoms with Gasteiger partial charge in [-0.2, -0.15) is 0 Å². The molecule has 2 fully saturated rings. The maximum atomic E-state index is 5.95. The summed E-state index contributed by atoms with van der Waals surface area (Å²) in [6.45, 7) is 3.86. The van der Waals surface area contributed by atoms with Crippen LogP contribution in [-0.2, 0) is 4.74 Å². The predicted octanol–water partition coefficient (Wildman–Crippen LogP) is 2.52. The first-order valence-electron chi connectivity index (χ1n) is 7.33. The lowest BCUT2D eigenvalue weighted by Crippen LogP contribution is -2.48. The van der Waals surface area contributed by atoms with E-state index in [-0.39, 0.29) is 0 Å². The van der Waals surface area contributed by atoms with Gasteiger partial charge in [-0.1, -0.05) is 15.9 Å². The lowest BCUT2D eigenvalue weighted by molar-refractivity contribution is -0.0362. The Labute approximate surface area is 132 Å². The predicted molar refractivity (Wildman–Crippen MR) is 87.8 cm³/mol. The van der Waals surface area contributed by atoms with E-state index >= 15 is 0 Å². The van der Waals surface area contributed by atoms with Crippen molar-refractivity contribution in [3.8, 4) is 0 Å². The van der Waals surface area contributed by atoms with Crippen molar-refractivity contribution in [2.24, 2.45) is 0 Å². The molecule has 2 saturated heterocycles. The number of pyridine rings is 1. The average molecular weight is 348 g/mol. The number of morpholine rings is 1. The number of hydrogen-bond acceptors (Lipinski definition) is 4. The standard InChI is InChI=1S/C16H18BrN3O/c1-19-6-7-21-16-10-20(9-15(16)19)14-4-5-18-13-8-11(17)2-3-12(13)14/h2-5,8,15-16H,6-7,9-10H2,1H3. The molecule has 0 saturated carbocycles. The van der Waals surface area contributed by atoms with E-state index in [2.05, 4.69) is 62.0 Å². The summed E-state index contributed by atoms with van der Waals surface area (Å²) >= 11 is 3.52. The van der Waals surface area contributed by atoms with Crippen LogP contribution in [0.25, 0.3) is 10.9 Å². The molecule has 2 aliphatic rings. The van der Waals surface area contributed by atoms with Gasteiger partial charge in [0.2, 0.25) is 0 Å². The summed E-state index contributed by atoms with van der Waals surface area (Å²) < 4.78 is 7.02. The summed E-state index contributed by atoms with van der Waals surface area (Å²) in [6.07, 6.45) is 2.22. The van der Waals surface area contributed by atoms with Gasteiger partial charge in [0.25, 0.3) is 0 Å². The third kappa shape index (κ3) is 2.33. The Kier molecular flexibility index (Phi) is 3.36. The van der Waals surface area contributed by atoms with Crippen LogP contribution in [0.4, 0.5) is 5.69 Å². The molecule has 21 heavy (non-hydrogen) atoms. The van der Waals surface area contributed by atoms with E-state index in [1.807, 2.05) is 6.20 Å². The van der Waals surface area contributed by atoms with Gasteiger partial charge in [-0.05, 0) is 31.3 Å². The largest absolute Gasteiger partial charge is 0.373 e. The molecule has 0 amide bonds. The Morgan fingerprint density at radius 2 is 2.19 bits per heavy atom. The molecule has 5 heteroatoms. The lowest BCUT2D eigenvalue weighted by atomic mass is 10.1. The number of hydrogen-bond donors (Lipinski definition) is 0. The molecule has 2 atom stereocenters. The molecule has 0 aliphatic carbocycles. The number of rotatable bonds is 1. The third-order valence-corrected chi connectivity index (χ3v) is 5.09. The molecule has 1 aromatic heterocycles. The molecule has 2 unspecified atom stereocenters. The quantitative estimate of drug-likeness (QED) is 0.792. The lowest BCUT2D eigenvalue weighted by Gasteiger charge is -2.33. The number of aromatic nitrogens is 1. The molecule has 110 valence electrons. The topological polar surface area (TPSA) is 28.6 Å². The average Bonchev–Trinajstić information content (AvgIpc) is 2.91. The zero-order valence-electron chi connectivity index (χ0n) is 12.0. The number of nitrogens with zero attached hydrogens (tertiary/aromatic N) is 3. The van der Waals surface area contributed by atoms with Crippen molar-refractivity contribution in [2.45, 2.75) is 12.1 Å². The van der Waals surface area contributed by atoms with Crippen LogP contribution in [0, 0.1) is 0 Å². The second-order valence-electron chi connectivity index (χ2n) is 5.85. The maximum Gasteiger partial charge on any atom is 0.0922 e. The highest BCUT2D eigenvalue weighted by molar-refractivity contribution is 9.10. The van der Waals surface area contributed by atoms with Gasteiger partial charge in [0.15, 0.2) is 0 Å². The van der Waals surface area contributed by atoms with E-state index in [0.29, 0.717) is 12.1 Å². The van der Waals surface area contributed by atoms with Gasteiger partial charge >= 0.3 is 0 Å². The Hall–Kier alpha value is -1.17. The van der Waals surface area contributed by atoms with E-state index in [4.69, 9.17) is 4.74 Å². The van der Waals surface area contributed by atoms with Crippen molar-refractivity contribution < 1.29 is 4.74 Å². The molecule has 0 spiro atoms. The van der Waals surface area contributed by atoms with E-state index < -0.39 is 0 Å². The van der Waals surface area contributed by atoms with Gasteiger partial charge in [0.1, 0.15) is 0 Å². The van der Waals surface area contributed by atoms with Crippen molar-refractivity contribution >= 4 is 32.5 Å². The minimum Gasteiger partial charge on any atom is -0.373 e. The van der Waals surface area contributed by atoms with Gasteiger partial charge in [-0.25, -0.2) is 0 Å². The number of likely N-dealkylation sites (N-methyl/N-ethyl adjacent to an activating group) is 1. The zero-order valence-corrected chi connectivity index (χ0v) is 13.6. The van der Waals surface area contributed by atoms with E-state index in [0.717, 1.165) is 36.2 Å². The van der Waals surface area contributed by atoms with Crippen molar-refractivity contribution in [2.75, 3.05) is 38.2 Å². The smallest absolute Gasteiger partial charge is 0.0922 e. The van der Waals surface area contributed by atoms with Crippen LogP contribution >= 0.6 is 15.9 Å². The number of ether oxygens (including phenoxy) is 1. The highest BCUT2D eigenvalue weighted by Gasteiger charge is 2.38. The number of halogens is 1. The van der Waals surface area contributed by atoms with Crippen LogP contribution in [-0.4, -0.2) is 55.3 Å². The van der Waals surface area contributed by atoms with Crippen molar-refractivity contribution in [3.63, 3.8) is 0 Å². The number of fused-ring (bicyclic) bond motifs is 2. The Balaban J connectivity index is 1.71. The first-order valence-corrected chi connectivity index (χ1v) is 8.13. The van der Waals surface area contributed by atoms with Crippen LogP contribution in [0.5, 0.6) is 0 Å². The minimum atomic E-state index is 0.322. The molecule has 2 aromatic rings. The fourth-order valence-electron chi connectivity index (χ4n) is 3.44. The second-order valence-corrected chi connectivity index (χ2v) is 6.77. The molecule has 3 heterocycles. The van der Waals surface area contributed by atoms with Crippen LogP contribution in [0.15, 0.2) is 34.9 Å². The van der Waals surface area contributed by atoms with Gasteiger partial charge in [0, 0.05) is 41.4 Å². The molecule has 1 aromatic carbocycles. The minimum absolute atomic E-state index is 0.322. The normalized spacial score (nSPS) is 26.3. The highest BCUT2D eigenvalue weighted by Crippen LogP contribution is 2.32. The van der Waals surface area contributed by atoms with Gasteiger partial charge in [-0.3, -0.25) is 9.88 Å². The highest BCUT2D eigenvalue weighted by atomic mass is 79.9. The summed E-state index contributed by atoms with van der Waals surface area (Å²) in [7, 11) is 2.20. The van der Waals surface area contributed by atoms with E-state index in [1.54, 1.807) is 0 Å². The van der Waals surface area contributed by atoms with Crippen molar-refractivity contribution in [1.82, 2.24) is 9.88 Å². The fourth-order valence-corrected chi connectivity index (χ4v) is 3.79. The van der Waals surface area contributed by atoms with Gasteiger partial charge in [-0.15, -0.1) is 0 Å². The van der Waals surface area contributed by atoms with Crippen LogP contribution < -0.4 is 4.90 Å². The zero-order chi connectivity index (χ0) is 14.4. The molecule has 0 bridgehead atoms. The number of benzene rings is 1. The van der Waals surface area contributed by atoms with E-state index in [1.165, 1.54) is 11.1 Å². The van der Waals surface area contributed by atoms with Crippen molar-refractivity contribution in [3.05, 3.63) is 34.9 Å². The number of anilines is 1. The van der Waals surface area contributed by atoms with Crippen LogP contribution in [0.1, 0.15) is 0 Å². The molecular weight excluding hydrogens is 330 g/mol. The van der Waals surface area contributed by atoms with Crippen LogP contribution in [0.3, 0.4) is 0 Å². The fraction of sp³-hybridized carbons (Fsp3) is 0.438. The second kappa shape index (κ2) is 5.23. The van der Waals surface area contributed by atoms with Gasteiger partial charge in [0.05, 0.1) is 24.3 Å². The van der Waals surface area contributed by atoms with Crippen molar-refractivity contribution in [1.29, 1.82) is 0 Å². The Morgan fingerprint density at radius 3 is 3.05 bits per heavy atom. The van der Waals surface area contributed by atoms with E-state index in [9.17, 15) is 0 Å². The first kappa shape index (κ1) is 13.5. The molecule has 4 rings (SSSR count). The molecule has 2 aliphatic heterocycles. The first-order chi connectivity index (χ1) is 10.2. The molecule has 4 nitrogen and oxygen atoms in total. The molecular formula is C16H18BrN3O. The monoisotopic (exact) mass is 347 g/mol. The molecule has 0 radical (unpaired) electrons. The third-order valence-electron chi connectivity index (χ3n) is 4.60.